The van der Waals surface area contributed by atoms with Crippen molar-refractivity contribution < 1.29 is 14.7 Å². The Labute approximate surface area is 116 Å². The van der Waals surface area contributed by atoms with Gasteiger partial charge in [0.1, 0.15) is 0 Å². The zero-order chi connectivity index (χ0) is 14.5. The van der Waals surface area contributed by atoms with Crippen LogP contribution in [-0.2, 0) is 16.1 Å². The number of hydrogen-bond acceptors (Lipinski definition) is 3. The Bertz CT molecular complexity index is 552. The first-order valence-corrected chi connectivity index (χ1v) is 6.74. The third-order valence-electron chi connectivity index (χ3n) is 3.59. The third kappa shape index (κ3) is 3.46. The molecule has 0 bridgehead atoms. The molecule has 1 saturated heterocycles. The lowest BCUT2D eigenvalue weighted by molar-refractivity contribution is -0.145. The highest BCUT2D eigenvalue weighted by Crippen LogP contribution is 2.17. The van der Waals surface area contributed by atoms with Crippen molar-refractivity contribution in [1.29, 1.82) is 0 Å². The molecule has 1 aromatic rings. The second kappa shape index (κ2) is 6.36. The number of carbonyl (C=O) groups is 2. The van der Waals surface area contributed by atoms with Crippen LogP contribution in [0.25, 0.3) is 0 Å². The van der Waals surface area contributed by atoms with Crippen LogP contribution >= 0.6 is 0 Å². The Morgan fingerprint density at radius 1 is 1.35 bits per heavy atom. The maximum Gasteiger partial charge on any atom is 0.308 e. The van der Waals surface area contributed by atoms with Gasteiger partial charge >= 0.3 is 5.97 Å². The number of aromatic nitrogens is 1. The minimum Gasteiger partial charge on any atom is -0.481 e. The Hall–Kier alpha value is -2.11. The highest BCUT2D eigenvalue weighted by molar-refractivity contribution is 5.78. The van der Waals surface area contributed by atoms with Crippen molar-refractivity contribution in [1.82, 2.24) is 9.47 Å². The number of pyridine rings is 1. The molecule has 0 aromatic carbocycles. The summed E-state index contributed by atoms with van der Waals surface area (Å²) in [7, 11) is 0. The van der Waals surface area contributed by atoms with Crippen LogP contribution in [-0.4, -0.2) is 39.5 Å². The zero-order valence-electron chi connectivity index (χ0n) is 11.2. The van der Waals surface area contributed by atoms with Crippen LogP contribution in [0.1, 0.15) is 19.3 Å². The Morgan fingerprint density at radius 3 is 2.85 bits per heavy atom. The van der Waals surface area contributed by atoms with Crippen LogP contribution in [0.5, 0.6) is 0 Å². The molecule has 1 aliphatic rings. The molecule has 0 aliphatic carbocycles. The summed E-state index contributed by atoms with van der Waals surface area (Å²) in [5.41, 5.74) is -0.137. The largest absolute Gasteiger partial charge is 0.481 e. The van der Waals surface area contributed by atoms with Crippen molar-refractivity contribution in [3.63, 3.8) is 0 Å². The van der Waals surface area contributed by atoms with Gasteiger partial charge in [0.25, 0.3) is 5.56 Å². The third-order valence-corrected chi connectivity index (χ3v) is 3.59. The Kier molecular flexibility index (Phi) is 4.55. The van der Waals surface area contributed by atoms with E-state index in [9.17, 15) is 14.4 Å². The topological polar surface area (TPSA) is 79.6 Å². The van der Waals surface area contributed by atoms with E-state index < -0.39 is 11.9 Å². The number of hydrogen-bond donors (Lipinski definition) is 1. The fourth-order valence-corrected chi connectivity index (χ4v) is 2.42. The molecule has 1 atom stereocenters. The van der Waals surface area contributed by atoms with Crippen molar-refractivity contribution in [3.8, 4) is 0 Å². The lowest BCUT2D eigenvalue weighted by atomic mass is 9.98. The van der Waals surface area contributed by atoms with Gasteiger partial charge in [-0.1, -0.05) is 6.07 Å². The minimum atomic E-state index is -0.846. The number of carboxylic acid groups (broad SMARTS) is 1. The first-order chi connectivity index (χ1) is 9.58. The van der Waals surface area contributed by atoms with E-state index in [1.165, 1.54) is 10.6 Å². The van der Waals surface area contributed by atoms with Gasteiger partial charge in [-0.25, -0.2) is 0 Å². The number of rotatable bonds is 4. The molecule has 6 heteroatoms. The zero-order valence-corrected chi connectivity index (χ0v) is 11.2. The molecular weight excluding hydrogens is 260 g/mol. The van der Waals surface area contributed by atoms with Crippen molar-refractivity contribution in [2.75, 3.05) is 13.1 Å². The number of aliphatic carboxylic acids is 1. The second-order valence-corrected chi connectivity index (χ2v) is 5.00. The molecule has 1 unspecified atom stereocenters. The van der Waals surface area contributed by atoms with E-state index in [2.05, 4.69) is 0 Å². The molecule has 0 spiro atoms. The average Bonchev–Trinajstić information content (AvgIpc) is 2.46. The van der Waals surface area contributed by atoms with E-state index in [1.807, 2.05) is 0 Å². The molecular formula is C14H18N2O4. The summed E-state index contributed by atoms with van der Waals surface area (Å²) in [4.78, 5) is 36.1. The molecule has 6 nitrogen and oxygen atoms in total. The molecule has 20 heavy (non-hydrogen) atoms. The molecule has 1 aromatic heterocycles. The van der Waals surface area contributed by atoms with Gasteiger partial charge in [0.2, 0.25) is 5.91 Å². The van der Waals surface area contributed by atoms with Crippen LogP contribution in [0, 0.1) is 5.92 Å². The first kappa shape index (κ1) is 14.3. The summed E-state index contributed by atoms with van der Waals surface area (Å²) >= 11 is 0. The number of nitrogens with zero attached hydrogens (tertiary/aromatic N) is 2. The Balaban J connectivity index is 1.90. The number of aryl methyl sites for hydroxylation is 1. The van der Waals surface area contributed by atoms with E-state index in [1.54, 1.807) is 23.2 Å². The SMILES string of the molecule is O=C(O)C1CCCN(C(=O)CCn2ccccc2=O)C1. The summed E-state index contributed by atoms with van der Waals surface area (Å²) in [5, 5.41) is 9.00. The summed E-state index contributed by atoms with van der Waals surface area (Å²) in [6.07, 6.45) is 3.20. The van der Waals surface area contributed by atoms with E-state index >= 15 is 0 Å². The molecule has 1 aliphatic heterocycles. The second-order valence-electron chi connectivity index (χ2n) is 5.00. The van der Waals surface area contributed by atoms with E-state index in [-0.39, 0.29) is 24.4 Å². The quantitative estimate of drug-likeness (QED) is 0.873. The van der Waals surface area contributed by atoms with Gasteiger partial charge in [0.05, 0.1) is 5.92 Å². The van der Waals surface area contributed by atoms with Gasteiger partial charge in [-0.3, -0.25) is 14.4 Å². The summed E-state index contributed by atoms with van der Waals surface area (Å²) < 4.78 is 1.48. The number of carboxylic acids is 1. The smallest absolute Gasteiger partial charge is 0.308 e. The van der Waals surface area contributed by atoms with Gasteiger partial charge in [0, 0.05) is 38.3 Å². The standard InChI is InChI=1S/C14H18N2O4/c17-12-5-1-2-7-15(12)9-6-13(18)16-8-3-4-11(10-16)14(19)20/h1-2,5,7,11H,3-4,6,8-10H2,(H,19,20). The van der Waals surface area contributed by atoms with Crippen molar-refractivity contribution >= 4 is 11.9 Å². The van der Waals surface area contributed by atoms with Gasteiger partial charge in [0.15, 0.2) is 0 Å². The van der Waals surface area contributed by atoms with Crippen LogP contribution in [0.4, 0.5) is 0 Å². The molecule has 0 saturated carbocycles. The lowest BCUT2D eigenvalue weighted by Crippen LogP contribution is -2.42. The molecule has 1 N–H and O–H groups in total. The fourth-order valence-electron chi connectivity index (χ4n) is 2.42. The highest BCUT2D eigenvalue weighted by atomic mass is 16.4. The minimum absolute atomic E-state index is 0.0910. The first-order valence-electron chi connectivity index (χ1n) is 6.74. The molecule has 0 radical (unpaired) electrons. The molecule has 108 valence electrons. The summed E-state index contributed by atoms with van der Waals surface area (Å²) in [6, 6.07) is 4.85. The van der Waals surface area contributed by atoms with E-state index in [0.29, 0.717) is 25.9 Å². The van der Waals surface area contributed by atoms with Crippen LogP contribution in [0.3, 0.4) is 0 Å². The maximum atomic E-state index is 12.1. The van der Waals surface area contributed by atoms with Crippen molar-refractivity contribution in [2.45, 2.75) is 25.8 Å². The number of piperidine rings is 1. The fraction of sp³-hybridized carbons (Fsp3) is 0.500. The monoisotopic (exact) mass is 278 g/mol. The molecule has 2 rings (SSSR count). The van der Waals surface area contributed by atoms with Crippen LogP contribution < -0.4 is 5.56 Å². The van der Waals surface area contributed by atoms with Gasteiger partial charge in [-0.05, 0) is 18.9 Å². The van der Waals surface area contributed by atoms with E-state index in [4.69, 9.17) is 5.11 Å². The number of amides is 1. The predicted molar refractivity (Wildman–Crippen MR) is 72.3 cm³/mol. The van der Waals surface area contributed by atoms with Gasteiger partial charge < -0.3 is 14.6 Å². The van der Waals surface area contributed by atoms with Crippen LogP contribution in [0.2, 0.25) is 0 Å². The predicted octanol–water partition coefficient (Wildman–Crippen LogP) is 0.562. The molecule has 1 fully saturated rings. The van der Waals surface area contributed by atoms with Gasteiger partial charge in [-0.15, -0.1) is 0 Å². The summed E-state index contributed by atoms with van der Waals surface area (Å²) in [6.45, 7) is 1.21. The van der Waals surface area contributed by atoms with Crippen molar-refractivity contribution in [2.24, 2.45) is 5.92 Å². The normalized spacial score (nSPS) is 18.8. The van der Waals surface area contributed by atoms with Crippen LogP contribution in [0.15, 0.2) is 29.2 Å². The van der Waals surface area contributed by atoms with E-state index in [0.717, 1.165) is 0 Å². The van der Waals surface area contributed by atoms with Crippen molar-refractivity contribution in [3.05, 3.63) is 34.7 Å². The summed E-state index contributed by atoms with van der Waals surface area (Å²) in [5.74, 6) is -1.40. The Morgan fingerprint density at radius 2 is 2.15 bits per heavy atom. The average molecular weight is 278 g/mol. The molecule has 2 heterocycles. The highest BCUT2D eigenvalue weighted by Gasteiger charge is 2.27. The van der Waals surface area contributed by atoms with Gasteiger partial charge in [-0.2, -0.15) is 0 Å². The lowest BCUT2D eigenvalue weighted by Gasteiger charge is -2.30. The molecule has 1 amide bonds. The maximum absolute atomic E-state index is 12.1. The number of carbonyl (C=O) groups excluding carboxylic acids is 1. The number of likely N-dealkylation sites (tertiary alicyclic amines) is 1.